The van der Waals surface area contributed by atoms with Crippen LogP contribution in [0.3, 0.4) is 0 Å². The molecule has 6 aromatic rings. The van der Waals surface area contributed by atoms with Crippen LogP contribution in [0.4, 0.5) is 0 Å². The predicted molar refractivity (Wildman–Crippen MR) is 348 cm³/mol. The van der Waals surface area contributed by atoms with Crippen molar-refractivity contribution in [3.05, 3.63) is 203 Å². The quantitative estimate of drug-likeness (QED) is 0.0210. The number of fused-ring (bicyclic) bond motifs is 1. The van der Waals surface area contributed by atoms with E-state index in [0.717, 1.165) is 54.4 Å². The maximum atomic E-state index is 12.5. The first-order valence-electron chi connectivity index (χ1n) is 22.5. The van der Waals surface area contributed by atoms with E-state index in [1.54, 1.807) is 78.9 Å². The van der Waals surface area contributed by atoms with Gasteiger partial charge in [-0.3, -0.25) is 15.0 Å². The smallest absolute Gasteiger partial charge is 0.338 e. The largest absolute Gasteiger partial charge is 0.457 e. The van der Waals surface area contributed by atoms with E-state index in [9.17, 15) is 19.5 Å². The molecule has 79 heavy (non-hydrogen) atoms. The molecule has 0 unspecified atom stereocenters. The Balaban J connectivity index is 0.000000509. The highest BCUT2D eigenvalue weighted by Crippen LogP contribution is 2.27. The van der Waals surface area contributed by atoms with Crippen molar-refractivity contribution in [1.82, 2.24) is 10.6 Å². The van der Waals surface area contributed by atoms with Crippen LogP contribution in [0, 0.1) is 5.41 Å². The lowest BCUT2D eigenvalue weighted by molar-refractivity contribution is 0.0534. The summed E-state index contributed by atoms with van der Waals surface area (Å²) in [5.74, 6) is -0.220. The van der Waals surface area contributed by atoms with Gasteiger partial charge in [0.25, 0.3) is 11.8 Å². The Morgan fingerprint density at radius 3 is 1.46 bits per heavy atom. The molecular formula is C52H53Br4Cl8N7O6S2. The topological polar surface area (TPSA) is 242 Å². The van der Waals surface area contributed by atoms with E-state index in [1.165, 1.54) is 24.6 Å². The molecule has 0 atom stereocenters. The molecule has 0 aliphatic carbocycles. The summed E-state index contributed by atoms with van der Waals surface area (Å²) in [6, 6.07) is 31.8. The Morgan fingerprint density at radius 2 is 1.05 bits per heavy atom. The summed E-state index contributed by atoms with van der Waals surface area (Å²) in [7, 11) is 0. The van der Waals surface area contributed by atoms with Crippen molar-refractivity contribution in [2.45, 2.75) is 51.4 Å². The van der Waals surface area contributed by atoms with E-state index >= 15 is 0 Å². The van der Waals surface area contributed by atoms with Gasteiger partial charge in [0, 0.05) is 68.7 Å². The lowest BCUT2D eigenvalue weighted by Crippen LogP contribution is -2.24. The summed E-state index contributed by atoms with van der Waals surface area (Å²) in [5, 5.41) is 25.5. The van der Waals surface area contributed by atoms with Crippen LogP contribution >= 0.6 is 182 Å². The summed E-state index contributed by atoms with van der Waals surface area (Å²) < 4.78 is 12.4. The number of carbonyl (C=O) groups excluding carboxylic acids is 3. The minimum absolute atomic E-state index is 0. The van der Waals surface area contributed by atoms with Gasteiger partial charge in [0.1, 0.15) is 6.61 Å². The van der Waals surface area contributed by atoms with Gasteiger partial charge in [-0.15, -0.1) is 40.2 Å². The van der Waals surface area contributed by atoms with Crippen molar-refractivity contribution in [3.8, 4) is 0 Å². The molecule has 2 aliphatic heterocycles. The molecule has 13 nitrogen and oxygen atoms in total. The number of hydrogen-bond donors (Lipinski definition) is 8. The number of ether oxygens (including phenoxy) is 2. The third-order valence-electron chi connectivity index (χ3n) is 9.74. The third-order valence-corrected chi connectivity index (χ3v) is 14.2. The fourth-order valence-electron chi connectivity index (χ4n) is 6.11. The molecule has 27 heteroatoms. The van der Waals surface area contributed by atoms with Crippen molar-refractivity contribution in [2.75, 3.05) is 18.6 Å². The number of rotatable bonds is 10. The summed E-state index contributed by atoms with van der Waals surface area (Å²) in [5.41, 5.74) is 26.7. The Bertz CT molecular complexity index is 2950. The molecule has 2 amide bonds. The number of cyclic esters (lactones) is 1. The van der Waals surface area contributed by atoms with E-state index in [-0.39, 0.29) is 57.0 Å². The van der Waals surface area contributed by atoms with Gasteiger partial charge in [0.05, 0.1) is 47.6 Å². The summed E-state index contributed by atoms with van der Waals surface area (Å²) in [6.45, 7) is 3.38. The van der Waals surface area contributed by atoms with E-state index < -0.39 is 0 Å². The number of aliphatic hydroxyl groups is 1. The van der Waals surface area contributed by atoms with E-state index in [1.807, 2.05) is 30.3 Å². The SMILES string of the molecule is Br.C1CCOC1.ClCCl.N=C(N)SCc1cc(Br)ccc1C(=O)NCc1ccc(Cl)c(Cl)c1.NC(N)=S.NCc1ccc(Cl)c(Cl)c1.O=C(NCc1ccc(Cl)c(Cl)c1)c1ccc(Br)cc1CO.O=C1OCc2cc(Br)ccc21. The maximum absolute atomic E-state index is 12.5. The zero-order valence-corrected chi connectivity index (χ0v) is 55.5. The van der Waals surface area contributed by atoms with Crippen LogP contribution in [0.2, 0.25) is 30.1 Å². The van der Waals surface area contributed by atoms with Crippen LogP contribution in [-0.2, 0) is 48.1 Å². The molecule has 0 spiro atoms. The van der Waals surface area contributed by atoms with Gasteiger partial charge in [0.2, 0.25) is 0 Å². The number of benzene rings is 6. The molecule has 8 rings (SSSR count). The van der Waals surface area contributed by atoms with Crippen molar-refractivity contribution < 1.29 is 29.0 Å². The summed E-state index contributed by atoms with van der Waals surface area (Å²) in [6.07, 6.45) is 2.56. The number of nitrogens with one attached hydrogen (secondary N) is 3. The Kier molecular flexibility index (Phi) is 38.9. The molecule has 428 valence electrons. The number of thioether (sulfide) groups is 1. The van der Waals surface area contributed by atoms with Gasteiger partial charge < -0.3 is 48.1 Å². The second-order valence-corrected chi connectivity index (χ2v) is 22.9. The van der Waals surface area contributed by atoms with E-state index in [0.29, 0.717) is 84.4 Å². The Labute approximate surface area is 544 Å². The molecule has 2 heterocycles. The number of halogens is 12. The number of hydrogen-bond acceptors (Lipinski definition) is 10. The number of alkyl halides is 2. The van der Waals surface area contributed by atoms with Gasteiger partial charge in [-0.1, -0.05) is 147 Å². The second-order valence-electron chi connectivity index (χ2n) is 15.4. The average Bonchev–Trinajstić information content (AvgIpc) is 4.12. The van der Waals surface area contributed by atoms with Crippen molar-refractivity contribution >= 4 is 210 Å². The fourth-order valence-corrected chi connectivity index (χ4v) is 8.84. The predicted octanol–water partition coefficient (Wildman–Crippen LogP) is 15.5. The number of aliphatic hydroxyl groups excluding tert-OH is 1. The van der Waals surface area contributed by atoms with Crippen LogP contribution in [0.15, 0.2) is 123 Å². The Hall–Kier alpha value is -2.64. The minimum atomic E-state index is -0.252. The van der Waals surface area contributed by atoms with Crippen LogP contribution in [0.5, 0.6) is 0 Å². The highest BCUT2D eigenvalue weighted by atomic mass is 79.9. The normalized spacial score (nSPS) is 11.3. The van der Waals surface area contributed by atoms with Crippen LogP contribution < -0.4 is 33.6 Å². The summed E-state index contributed by atoms with van der Waals surface area (Å²) >= 11 is 59.8. The fraction of sp³-hybridized carbons (Fsp3) is 0.212. The standard InChI is InChI=1S/C16H14BrCl2N3OS.C15H12BrCl2NO2.C8H5BrO2.C7H7Cl2N.C4H8O.CH2Cl2.CH4N2S.BrH/c17-11-2-3-12(10(6-11)8-24-16(20)21)15(23)22-7-9-1-4-13(18)14(19)5-9;16-11-2-3-12(10(6-11)8-20)15(21)19-7-9-1-4-13(17)14(18)5-9;9-6-1-2-7-5(3-6)4-11-8(7)10;8-6-2-1-5(4-10)3-7(6)9;1-2-4-5-3-1;2-1-3;2-1(3)4;/h1-6H,7-8H2,(H3,20,21)(H,22,23);1-6,20H,7-8H2,(H,19,21);1-3H,4H2;1-3H,4,10H2;1-4H2;1H2;(H4,2,3,4);1H. The van der Waals surface area contributed by atoms with Gasteiger partial charge >= 0.3 is 5.97 Å². The van der Waals surface area contributed by atoms with Crippen LogP contribution in [0.1, 0.15) is 77.3 Å². The molecule has 6 aromatic carbocycles. The first-order chi connectivity index (χ1) is 37.0. The van der Waals surface area contributed by atoms with E-state index in [4.69, 9.17) is 119 Å². The van der Waals surface area contributed by atoms with E-state index in [2.05, 4.69) is 82.1 Å². The van der Waals surface area contributed by atoms with Crippen molar-refractivity contribution in [2.24, 2.45) is 22.9 Å². The van der Waals surface area contributed by atoms with Crippen molar-refractivity contribution in [3.63, 3.8) is 0 Å². The molecule has 0 aromatic heterocycles. The highest BCUT2D eigenvalue weighted by molar-refractivity contribution is 9.11. The summed E-state index contributed by atoms with van der Waals surface area (Å²) in [4.78, 5) is 35.6. The number of carbonyl (C=O) groups is 3. The monoisotopic (exact) mass is 1530 g/mol. The third kappa shape index (κ3) is 30.0. The lowest BCUT2D eigenvalue weighted by atomic mass is 10.1. The van der Waals surface area contributed by atoms with Gasteiger partial charge in [-0.05, 0) is 144 Å². The molecule has 0 saturated carbocycles. The second kappa shape index (κ2) is 41.4. The molecule has 2 aliphatic rings. The van der Waals surface area contributed by atoms with Gasteiger partial charge in [0.15, 0.2) is 10.3 Å². The van der Waals surface area contributed by atoms with Gasteiger partial charge in [-0.2, -0.15) is 0 Å². The minimum Gasteiger partial charge on any atom is -0.457 e. The number of amidine groups is 1. The zero-order chi connectivity index (χ0) is 58.3. The molecule has 1 fully saturated rings. The number of nitrogens with two attached hydrogens (primary N) is 4. The molecule has 0 bridgehead atoms. The Morgan fingerprint density at radius 1 is 0.646 bits per heavy atom. The number of amides is 2. The highest BCUT2D eigenvalue weighted by Gasteiger charge is 2.20. The average molecular weight is 1540 g/mol. The molecule has 1 saturated heterocycles. The first kappa shape index (κ1) is 74.4. The molecule has 12 N–H and O–H groups in total. The number of esters is 1. The van der Waals surface area contributed by atoms with Gasteiger partial charge in [-0.25, -0.2) is 4.79 Å². The molecular weight excluding hydrogens is 1490 g/mol. The maximum Gasteiger partial charge on any atom is 0.338 e. The van der Waals surface area contributed by atoms with Crippen LogP contribution in [-0.4, -0.2) is 51.7 Å². The zero-order valence-electron chi connectivity index (χ0n) is 41.4. The van der Waals surface area contributed by atoms with Crippen LogP contribution in [0.25, 0.3) is 0 Å². The first-order valence-corrected chi connectivity index (χ1v) is 29.6. The molecule has 0 radical (unpaired) electrons. The van der Waals surface area contributed by atoms with Crippen molar-refractivity contribution in [1.29, 1.82) is 5.41 Å². The number of thiocarbonyl (C=S) groups is 1. The lowest BCUT2D eigenvalue weighted by Gasteiger charge is -2.11.